The molecule has 7 heteroatoms. The van der Waals surface area contributed by atoms with Crippen LogP contribution in [0.3, 0.4) is 0 Å². The first-order valence-electron chi connectivity index (χ1n) is 14.5. The number of benzene rings is 3. The molecular weight excluding hydrogens is 542 g/mol. The number of rotatable bonds is 13. The van der Waals surface area contributed by atoms with Gasteiger partial charge in [-0.15, -0.1) is 11.8 Å². The summed E-state index contributed by atoms with van der Waals surface area (Å²) in [5.74, 6) is 0.569. The Morgan fingerprint density at radius 3 is 2.38 bits per heavy atom. The Balaban J connectivity index is 1.46. The van der Waals surface area contributed by atoms with Crippen LogP contribution in [0.5, 0.6) is 0 Å². The Bertz CT molecular complexity index is 1420. The van der Waals surface area contributed by atoms with Crippen molar-refractivity contribution in [2.24, 2.45) is 0 Å². The number of hydrogen-bond acceptors (Lipinski definition) is 5. The van der Waals surface area contributed by atoms with Gasteiger partial charge in [-0.3, -0.25) is 9.78 Å². The van der Waals surface area contributed by atoms with Crippen molar-refractivity contribution in [1.29, 1.82) is 0 Å². The third-order valence-electron chi connectivity index (χ3n) is 6.79. The summed E-state index contributed by atoms with van der Waals surface area (Å²) in [6.07, 6.45) is 6.10. The lowest BCUT2D eigenvalue weighted by atomic mass is 9.99. The Hall–Kier alpha value is -3.84. The fourth-order valence-corrected chi connectivity index (χ4v) is 6.02. The molecule has 3 aromatic carbocycles. The van der Waals surface area contributed by atoms with Crippen molar-refractivity contribution in [3.8, 4) is 0 Å². The lowest BCUT2D eigenvalue weighted by molar-refractivity contribution is -0.120. The van der Waals surface area contributed by atoms with E-state index in [1.807, 2.05) is 69.4 Å². The van der Waals surface area contributed by atoms with Gasteiger partial charge in [0.05, 0.1) is 5.25 Å². The van der Waals surface area contributed by atoms with Crippen LogP contribution >= 0.6 is 11.8 Å². The first-order valence-corrected chi connectivity index (χ1v) is 15.6. The second-order valence-corrected chi connectivity index (χ2v) is 12.7. The number of ether oxygens (including phenoxy) is 1. The lowest BCUT2D eigenvalue weighted by Gasteiger charge is -2.25. The molecule has 0 aliphatic heterocycles. The maximum Gasteiger partial charge on any atom is 0.407 e. The van der Waals surface area contributed by atoms with Gasteiger partial charge in [0.15, 0.2) is 0 Å². The number of aromatic nitrogens is 1. The lowest BCUT2D eigenvalue weighted by Crippen LogP contribution is -2.43. The molecule has 0 saturated carbocycles. The molecule has 0 bridgehead atoms. The highest BCUT2D eigenvalue weighted by Crippen LogP contribution is 2.24. The van der Waals surface area contributed by atoms with Crippen LogP contribution in [0.4, 0.5) is 4.79 Å². The molecule has 220 valence electrons. The number of hydrogen-bond donors (Lipinski definition) is 2. The predicted octanol–water partition coefficient (Wildman–Crippen LogP) is 6.76. The number of thioether (sulfide) groups is 1. The molecule has 1 heterocycles. The number of carbonyl (C=O) groups is 2. The quantitative estimate of drug-likeness (QED) is 0.170. The van der Waals surface area contributed by atoms with Crippen LogP contribution in [0, 0.1) is 0 Å². The SMILES string of the molecule is CC(C)(C)OC(=O)N[C@H](CS[C@@H](Cc1ccccc1)C(=O)NCCCc1cccnc1)Cc1cccc2ccccc12. The molecule has 0 radical (unpaired) electrons. The highest BCUT2D eigenvalue weighted by molar-refractivity contribution is 8.00. The number of fused-ring (bicyclic) bond motifs is 1. The van der Waals surface area contributed by atoms with Crippen molar-refractivity contribution >= 4 is 34.5 Å². The maximum atomic E-state index is 13.5. The molecule has 0 fully saturated rings. The van der Waals surface area contributed by atoms with Crippen LogP contribution in [-0.4, -0.2) is 46.2 Å². The van der Waals surface area contributed by atoms with E-state index in [9.17, 15) is 9.59 Å². The van der Waals surface area contributed by atoms with Gasteiger partial charge in [0.2, 0.25) is 5.91 Å². The molecule has 6 nitrogen and oxygen atoms in total. The van der Waals surface area contributed by atoms with Gasteiger partial charge >= 0.3 is 6.09 Å². The average molecular weight is 584 g/mol. The zero-order valence-electron chi connectivity index (χ0n) is 24.7. The van der Waals surface area contributed by atoms with E-state index in [2.05, 4.69) is 58.1 Å². The molecule has 4 rings (SSSR count). The number of nitrogens with one attached hydrogen (secondary N) is 2. The number of aryl methyl sites for hydroxylation is 1. The summed E-state index contributed by atoms with van der Waals surface area (Å²) in [4.78, 5) is 30.5. The topological polar surface area (TPSA) is 80.3 Å². The summed E-state index contributed by atoms with van der Waals surface area (Å²) < 4.78 is 5.60. The number of carbonyl (C=O) groups excluding carboxylic acids is 2. The van der Waals surface area contributed by atoms with Gasteiger partial charge in [0.25, 0.3) is 0 Å². The molecule has 0 saturated heterocycles. The molecule has 0 aliphatic rings. The highest BCUT2D eigenvalue weighted by Gasteiger charge is 2.25. The van der Waals surface area contributed by atoms with Gasteiger partial charge in [-0.1, -0.05) is 78.9 Å². The monoisotopic (exact) mass is 583 g/mol. The summed E-state index contributed by atoms with van der Waals surface area (Å²) in [6.45, 7) is 6.16. The van der Waals surface area contributed by atoms with Crippen molar-refractivity contribution in [1.82, 2.24) is 15.6 Å². The van der Waals surface area contributed by atoms with Gasteiger partial charge in [-0.2, -0.15) is 0 Å². The third-order valence-corrected chi connectivity index (χ3v) is 8.16. The molecule has 4 aromatic rings. The van der Waals surface area contributed by atoms with Crippen molar-refractivity contribution in [2.45, 2.75) is 63.3 Å². The van der Waals surface area contributed by atoms with Crippen LogP contribution < -0.4 is 10.6 Å². The zero-order chi connectivity index (χ0) is 29.8. The predicted molar refractivity (Wildman–Crippen MR) is 173 cm³/mol. The second kappa shape index (κ2) is 15.4. The van der Waals surface area contributed by atoms with Crippen molar-refractivity contribution in [2.75, 3.05) is 12.3 Å². The van der Waals surface area contributed by atoms with E-state index >= 15 is 0 Å². The largest absolute Gasteiger partial charge is 0.444 e. The minimum atomic E-state index is -0.604. The molecule has 2 atom stereocenters. The van der Waals surface area contributed by atoms with E-state index in [0.29, 0.717) is 25.1 Å². The molecular formula is C35H41N3O3S. The fourth-order valence-electron chi connectivity index (χ4n) is 4.81. The molecule has 0 unspecified atom stereocenters. The third kappa shape index (κ3) is 10.2. The number of nitrogens with zero attached hydrogens (tertiary/aromatic N) is 1. The average Bonchev–Trinajstić information content (AvgIpc) is 2.97. The zero-order valence-corrected chi connectivity index (χ0v) is 25.5. The first-order chi connectivity index (χ1) is 20.3. The van der Waals surface area contributed by atoms with Gasteiger partial charge in [0, 0.05) is 30.7 Å². The molecule has 42 heavy (non-hydrogen) atoms. The van der Waals surface area contributed by atoms with Gasteiger partial charge in [-0.05, 0) is 80.0 Å². The van der Waals surface area contributed by atoms with Crippen LogP contribution in [0.15, 0.2) is 97.3 Å². The highest BCUT2D eigenvalue weighted by atomic mass is 32.2. The summed E-state index contributed by atoms with van der Waals surface area (Å²) in [7, 11) is 0. The summed E-state index contributed by atoms with van der Waals surface area (Å²) in [6, 6.07) is 28.3. The van der Waals surface area contributed by atoms with Gasteiger partial charge < -0.3 is 15.4 Å². The molecule has 0 spiro atoms. The van der Waals surface area contributed by atoms with E-state index < -0.39 is 11.7 Å². The smallest absolute Gasteiger partial charge is 0.407 e. The number of amides is 2. The standard InChI is InChI=1S/C35H41N3O3S/c1-35(2,3)41-34(40)38-30(23-29-18-9-17-28-16-7-8-19-31(28)29)25-42-32(22-26-12-5-4-6-13-26)33(39)37-21-11-15-27-14-10-20-36-24-27/h4-10,12-14,16-20,24,30,32H,11,15,21-23,25H2,1-3H3,(H,37,39)(H,38,40)/t30-,32-/m0/s1. The normalized spacial score (nSPS) is 12.8. The van der Waals surface area contributed by atoms with Crippen molar-refractivity contribution in [3.63, 3.8) is 0 Å². The Morgan fingerprint density at radius 2 is 1.62 bits per heavy atom. The van der Waals surface area contributed by atoms with Crippen LogP contribution in [-0.2, 0) is 28.8 Å². The van der Waals surface area contributed by atoms with Gasteiger partial charge in [0.1, 0.15) is 5.60 Å². The van der Waals surface area contributed by atoms with Crippen LogP contribution in [0.25, 0.3) is 10.8 Å². The number of pyridine rings is 1. The Morgan fingerprint density at radius 1 is 0.881 bits per heavy atom. The summed E-state index contributed by atoms with van der Waals surface area (Å²) in [5, 5.41) is 8.26. The van der Waals surface area contributed by atoms with E-state index in [1.165, 1.54) is 0 Å². The molecule has 0 aliphatic carbocycles. The summed E-state index contributed by atoms with van der Waals surface area (Å²) in [5.41, 5.74) is 2.80. The molecule has 1 aromatic heterocycles. The Labute approximate surface area is 253 Å². The van der Waals surface area contributed by atoms with Crippen LogP contribution in [0.2, 0.25) is 0 Å². The van der Waals surface area contributed by atoms with Gasteiger partial charge in [-0.25, -0.2) is 4.79 Å². The second-order valence-electron chi connectivity index (χ2n) is 11.5. The Kier molecular flexibility index (Phi) is 11.4. The molecule has 2 N–H and O–H groups in total. The molecule has 2 amide bonds. The van der Waals surface area contributed by atoms with E-state index in [1.54, 1.807) is 18.0 Å². The van der Waals surface area contributed by atoms with Crippen molar-refractivity contribution in [3.05, 3.63) is 114 Å². The summed E-state index contributed by atoms with van der Waals surface area (Å²) >= 11 is 1.58. The van der Waals surface area contributed by atoms with E-state index in [-0.39, 0.29) is 17.2 Å². The minimum Gasteiger partial charge on any atom is -0.444 e. The van der Waals surface area contributed by atoms with E-state index in [4.69, 9.17) is 4.74 Å². The minimum absolute atomic E-state index is 0.0104. The first kappa shape index (κ1) is 31.1. The van der Waals surface area contributed by atoms with E-state index in [0.717, 1.165) is 40.3 Å². The maximum absolute atomic E-state index is 13.5. The fraction of sp³-hybridized carbons (Fsp3) is 0.343. The van der Waals surface area contributed by atoms with Crippen molar-refractivity contribution < 1.29 is 14.3 Å². The number of alkyl carbamates (subject to hydrolysis) is 1. The van der Waals surface area contributed by atoms with Crippen LogP contribution in [0.1, 0.15) is 43.9 Å².